The van der Waals surface area contributed by atoms with Crippen LogP contribution in [-0.4, -0.2) is 42.8 Å². The van der Waals surface area contributed by atoms with Crippen molar-refractivity contribution < 1.29 is 14.6 Å². The molecule has 0 radical (unpaired) electrons. The fourth-order valence-electron chi connectivity index (χ4n) is 2.02. The van der Waals surface area contributed by atoms with Gasteiger partial charge >= 0.3 is 6.03 Å². The number of unbranched alkanes of at least 4 members (excludes halogenated alkanes) is 1. The number of aryl methyl sites for hydroxylation is 1. The molecule has 5 nitrogen and oxygen atoms in total. The molecule has 0 aliphatic rings. The van der Waals surface area contributed by atoms with E-state index >= 15 is 0 Å². The van der Waals surface area contributed by atoms with Gasteiger partial charge in [0.15, 0.2) is 0 Å². The van der Waals surface area contributed by atoms with Crippen molar-refractivity contribution >= 4 is 11.7 Å². The molecule has 0 saturated heterocycles. The Kier molecular flexibility index (Phi) is 7.61. The van der Waals surface area contributed by atoms with Crippen LogP contribution in [0, 0.1) is 6.92 Å². The molecule has 0 spiro atoms. The Bertz CT molecular complexity index is 441. The minimum Gasteiger partial charge on any atom is -0.495 e. The average molecular weight is 294 g/mol. The number of aliphatic hydroxyl groups excluding tert-OH is 1. The van der Waals surface area contributed by atoms with Crippen molar-refractivity contribution in [1.29, 1.82) is 0 Å². The quantitative estimate of drug-likeness (QED) is 0.774. The minimum atomic E-state index is -0.154. The van der Waals surface area contributed by atoms with Crippen LogP contribution in [0.5, 0.6) is 5.75 Å². The highest BCUT2D eigenvalue weighted by atomic mass is 16.5. The summed E-state index contributed by atoms with van der Waals surface area (Å²) >= 11 is 0. The van der Waals surface area contributed by atoms with E-state index < -0.39 is 0 Å². The second-order valence-corrected chi connectivity index (χ2v) is 5.05. The largest absolute Gasteiger partial charge is 0.495 e. The first kappa shape index (κ1) is 17.3. The van der Waals surface area contributed by atoms with E-state index in [2.05, 4.69) is 12.2 Å². The van der Waals surface area contributed by atoms with Crippen LogP contribution in [0.1, 0.15) is 31.7 Å². The Morgan fingerprint density at radius 1 is 1.33 bits per heavy atom. The molecule has 0 bridgehead atoms. The van der Waals surface area contributed by atoms with Gasteiger partial charge in [0.1, 0.15) is 5.75 Å². The highest BCUT2D eigenvalue weighted by Crippen LogP contribution is 2.25. The van der Waals surface area contributed by atoms with Crippen LogP contribution in [0.2, 0.25) is 0 Å². The van der Waals surface area contributed by atoms with Crippen molar-refractivity contribution in [2.24, 2.45) is 0 Å². The van der Waals surface area contributed by atoms with Crippen LogP contribution >= 0.6 is 0 Å². The van der Waals surface area contributed by atoms with Gasteiger partial charge in [-0.05, 0) is 37.5 Å². The molecule has 1 aromatic carbocycles. The van der Waals surface area contributed by atoms with Crippen molar-refractivity contribution in [3.8, 4) is 5.75 Å². The number of aliphatic hydroxyl groups is 1. The molecule has 0 fully saturated rings. The second-order valence-electron chi connectivity index (χ2n) is 5.05. The van der Waals surface area contributed by atoms with Gasteiger partial charge < -0.3 is 20.1 Å². The lowest BCUT2D eigenvalue weighted by atomic mass is 10.2. The molecule has 0 aliphatic heterocycles. The predicted molar refractivity (Wildman–Crippen MR) is 84.9 cm³/mol. The number of urea groups is 1. The number of anilines is 1. The van der Waals surface area contributed by atoms with E-state index in [9.17, 15) is 4.79 Å². The Balaban J connectivity index is 2.75. The molecule has 5 heteroatoms. The zero-order valence-electron chi connectivity index (χ0n) is 13.2. The number of ether oxygens (including phenoxy) is 1. The zero-order chi connectivity index (χ0) is 15.7. The van der Waals surface area contributed by atoms with E-state index in [4.69, 9.17) is 9.84 Å². The fourth-order valence-corrected chi connectivity index (χ4v) is 2.02. The minimum absolute atomic E-state index is 0.0871. The number of hydrogen-bond donors (Lipinski definition) is 2. The number of methoxy groups -OCH3 is 1. The maximum Gasteiger partial charge on any atom is 0.321 e. The predicted octanol–water partition coefficient (Wildman–Crippen LogP) is 3.02. The maximum absolute atomic E-state index is 12.4. The summed E-state index contributed by atoms with van der Waals surface area (Å²) in [6.07, 6.45) is 2.56. The molecule has 2 amide bonds. The maximum atomic E-state index is 12.4. The number of carbonyl (C=O) groups is 1. The molecule has 0 unspecified atom stereocenters. The lowest BCUT2D eigenvalue weighted by Gasteiger charge is -2.23. The van der Waals surface area contributed by atoms with Gasteiger partial charge in [-0.3, -0.25) is 0 Å². The van der Waals surface area contributed by atoms with Crippen molar-refractivity contribution in [1.82, 2.24) is 4.90 Å². The van der Waals surface area contributed by atoms with Gasteiger partial charge in [0, 0.05) is 19.7 Å². The Morgan fingerprint density at radius 2 is 2.05 bits per heavy atom. The molecule has 0 saturated carbocycles. The number of benzene rings is 1. The molecule has 0 heterocycles. The van der Waals surface area contributed by atoms with Crippen LogP contribution in [0.4, 0.5) is 10.5 Å². The van der Waals surface area contributed by atoms with Crippen LogP contribution < -0.4 is 10.1 Å². The molecule has 2 N–H and O–H groups in total. The lowest BCUT2D eigenvalue weighted by molar-refractivity contribution is 0.201. The molecule has 0 atom stereocenters. The molecule has 0 aliphatic carbocycles. The average Bonchev–Trinajstić information content (AvgIpc) is 2.49. The van der Waals surface area contributed by atoms with Gasteiger partial charge in [-0.15, -0.1) is 0 Å². The summed E-state index contributed by atoms with van der Waals surface area (Å²) in [5.74, 6) is 0.654. The zero-order valence-corrected chi connectivity index (χ0v) is 13.2. The third-order valence-electron chi connectivity index (χ3n) is 3.25. The lowest BCUT2D eigenvalue weighted by Crippen LogP contribution is -2.36. The number of amides is 2. The summed E-state index contributed by atoms with van der Waals surface area (Å²) in [6, 6.07) is 5.51. The van der Waals surface area contributed by atoms with E-state index in [1.54, 1.807) is 12.0 Å². The number of nitrogens with one attached hydrogen (secondary N) is 1. The summed E-state index contributed by atoms with van der Waals surface area (Å²) in [4.78, 5) is 14.1. The first-order valence-electron chi connectivity index (χ1n) is 7.43. The van der Waals surface area contributed by atoms with Crippen molar-refractivity contribution in [3.63, 3.8) is 0 Å². The van der Waals surface area contributed by atoms with Crippen LogP contribution in [-0.2, 0) is 0 Å². The highest BCUT2D eigenvalue weighted by molar-refractivity contribution is 5.91. The van der Waals surface area contributed by atoms with Crippen LogP contribution in [0.3, 0.4) is 0 Å². The normalized spacial score (nSPS) is 10.3. The number of rotatable bonds is 8. The molecule has 21 heavy (non-hydrogen) atoms. The van der Waals surface area contributed by atoms with E-state index in [1.165, 1.54) is 0 Å². The van der Waals surface area contributed by atoms with Crippen molar-refractivity contribution in [2.45, 2.75) is 33.1 Å². The van der Waals surface area contributed by atoms with Crippen molar-refractivity contribution in [2.75, 3.05) is 32.1 Å². The molecule has 0 aromatic heterocycles. The first-order chi connectivity index (χ1) is 10.1. The smallest absolute Gasteiger partial charge is 0.321 e. The van der Waals surface area contributed by atoms with E-state index in [1.807, 2.05) is 25.1 Å². The van der Waals surface area contributed by atoms with Gasteiger partial charge in [0.2, 0.25) is 0 Å². The molecular formula is C16H26N2O3. The van der Waals surface area contributed by atoms with Gasteiger partial charge in [-0.2, -0.15) is 0 Å². The molecule has 118 valence electrons. The standard InChI is InChI=1S/C16H26N2O3/c1-4-5-9-18(10-6-11-19)16(20)17-14-8-7-13(2)12-15(14)21-3/h7-8,12,19H,4-6,9-11H2,1-3H3,(H,17,20). The number of carbonyl (C=O) groups excluding carboxylic acids is 1. The molecule has 1 rings (SSSR count). The summed E-state index contributed by atoms with van der Waals surface area (Å²) in [6.45, 7) is 5.39. The summed E-state index contributed by atoms with van der Waals surface area (Å²) in [5.41, 5.74) is 1.74. The molecular weight excluding hydrogens is 268 g/mol. The first-order valence-corrected chi connectivity index (χ1v) is 7.43. The van der Waals surface area contributed by atoms with E-state index in [0.29, 0.717) is 30.9 Å². The number of nitrogens with zero attached hydrogens (tertiary/aromatic N) is 1. The van der Waals surface area contributed by atoms with E-state index in [-0.39, 0.29) is 12.6 Å². The monoisotopic (exact) mass is 294 g/mol. The summed E-state index contributed by atoms with van der Waals surface area (Å²) in [5, 5.41) is 11.8. The van der Waals surface area contributed by atoms with E-state index in [0.717, 1.165) is 18.4 Å². The third-order valence-corrected chi connectivity index (χ3v) is 3.25. The van der Waals surface area contributed by atoms with Crippen LogP contribution in [0.25, 0.3) is 0 Å². The Morgan fingerprint density at radius 3 is 2.67 bits per heavy atom. The van der Waals surface area contributed by atoms with Gasteiger partial charge in [-0.1, -0.05) is 19.4 Å². The SMILES string of the molecule is CCCCN(CCCO)C(=O)Nc1ccc(C)cc1OC. The van der Waals surface area contributed by atoms with Crippen molar-refractivity contribution in [3.05, 3.63) is 23.8 Å². The highest BCUT2D eigenvalue weighted by Gasteiger charge is 2.14. The number of hydrogen-bond acceptors (Lipinski definition) is 3. The van der Waals surface area contributed by atoms with Gasteiger partial charge in [-0.25, -0.2) is 4.79 Å². The summed E-state index contributed by atoms with van der Waals surface area (Å²) < 4.78 is 5.30. The van der Waals surface area contributed by atoms with Crippen LogP contribution in [0.15, 0.2) is 18.2 Å². The van der Waals surface area contributed by atoms with Gasteiger partial charge in [0.05, 0.1) is 12.8 Å². The third kappa shape index (κ3) is 5.63. The Hall–Kier alpha value is -1.75. The second kappa shape index (κ2) is 9.23. The topological polar surface area (TPSA) is 61.8 Å². The molecule has 1 aromatic rings. The summed E-state index contributed by atoms with van der Waals surface area (Å²) in [7, 11) is 1.59. The Labute approximate surface area is 126 Å². The van der Waals surface area contributed by atoms with Gasteiger partial charge in [0.25, 0.3) is 0 Å². The fraction of sp³-hybridized carbons (Fsp3) is 0.562.